The summed E-state index contributed by atoms with van der Waals surface area (Å²) >= 11 is 2.93. The van der Waals surface area contributed by atoms with Crippen molar-refractivity contribution in [2.75, 3.05) is 11.9 Å². The molecule has 1 fully saturated rings. The molecule has 2 aromatic heterocycles. The van der Waals surface area contributed by atoms with Crippen LogP contribution in [0.5, 0.6) is 0 Å². The molecule has 3 N–H and O–H groups in total. The number of hydrogen-bond acceptors (Lipinski definition) is 6. The van der Waals surface area contributed by atoms with Gasteiger partial charge in [0.2, 0.25) is 5.13 Å². The number of aliphatic hydroxyl groups excluding tert-OH is 1. The lowest BCUT2D eigenvalue weighted by Crippen LogP contribution is -2.50. The van der Waals surface area contributed by atoms with Crippen molar-refractivity contribution in [2.45, 2.75) is 31.2 Å². The lowest BCUT2D eigenvalue weighted by molar-refractivity contribution is 0.167. The number of hydrogen-bond donors (Lipinski definition) is 3. The molecule has 0 radical (unpaired) electrons. The second-order valence-electron chi connectivity index (χ2n) is 5.15. The Morgan fingerprint density at radius 3 is 2.86 bits per heavy atom. The van der Waals surface area contributed by atoms with Gasteiger partial charge < -0.3 is 10.4 Å². The van der Waals surface area contributed by atoms with E-state index in [-0.39, 0.29) is 12.6 Å². The smallest absolute Gasteiger partial charge is 0.321 e. The molecule has 0 aliphatic heterocycles. The van der Waals surface area contributed by atoms with Gasteiger partial charge in [0.05, 0.1) is 12.1 Å². The lowest BCUT2D eigenvalue weighted by Gasteiger charge is -2.27. The van der Waals surface area contributed by atoms with Crippen molar-refractivity contribution in [1.29, 1.82) is 0 Å². The van der Waals surface area contributed by atoms with Crippen LogP contribution in [-0.2, 0) is 0 Å². The number of thiophene rings is 1. The number of carbonyl (C=O) groups excluding carboxylic acids is 1. The van der Waals surface area contributed by atoms with Crippen LogP contribution < -0.4 is 10.6 Å². The first-order valence-electron chi connectivity index (χ1n) is 6.77. The van der Waals surface area contributed by atoms with E-state index in [0.717, 1.165) is 36.3 Å². The van der Waals surface area contributed by atoms with Crippen LogP contribution in [-0.4, -0.2) is 33.5 Å². The van der Waals surface area contributed by atoms with Gasteiger partial charge >= 0.3 is 6.03 Å². The van der Waals surface area contributed by atoms with Crippen LogP contribution in [0.1, 0.15) is 25.7 Å². The van der Waals surface area contributed by atoms with Gasteiger partial charge in [-0.15, -0.1) is 10.2 Å². The highest BCUT2D eigenvalue weighted by Gasteiger charge is 2.34. The van der Waals surface area contributed by atoms with Crippen molar-refractivity contribution in [3.05, 3.63) is 16.8 Å². The molecule has 2 heterocycles. The Balaban J connectivity index is 1.62. The number of urea groups is 1. The van der Waals surface area contributed by atoms with Gasteiger partial charge in [-0.3, -0.25) is 5.32 Å². The van der Waals surface area contributed by atoms with Crippen LogP contribution in [0.3, 0.4) is 0 Å². The molecule has 0 aromatic carbocycles. The highest BCUT2D eigenvalue weighted by molar-refractivity contribution is 7.19. The zero-order valence-corrected chi connectivity index (χ0v) is 13.0. The Morgan fingerprint density at radius 2 is 2.19 bits per heavy atom. The molecule has 0 spiro atoms. The highest BCUT2D eigenvalue weighted by atomic mass is 32.1. The van der Waals surface area contributed by atoms with E-state index in [4.69, 9.17) is 0 Å². The average Bonchev–Trinajstić information content (AvgIpc) is 3.19. The second kappa shape index (κ2) is 6.08. The minimum absolute atomic E-state index is 0.0311. The van der Waals surface area contributed by atoms with Crippen LogP contribution in [0.15, 0.2) is 16.8 Å². The highest BCUT2D eigenvalue weighted by Crippen LogP contribution is 2.30. The summed E-state index contributed by atoms with van der Waals surface area (Å²) in [5.41, 5.74) is 0.527. The summed E-state index contributed by atoms with van der Waals surface area (Å²) in [7, 11) is 0. The van der Waals surface area contributed by atoms with Crippen molar-refractivity contribution >= 4 is 33.8 Å². The summed E-state index contributed by atoms with van der Waals surface area (Å²) in [6.07, 6.45) is 3.68. The third kappa shape index (κ3) is 3.22. The lowest BCUT2D eigenvalue weighted by atomic mass is 9.99. The van der Waals surface area contributed by atoms with Gasteiger partial charge in [0, 0.05) is 10.9 Å². The van der Waals surface area contributed by atoms with Gasteiger partial charge in [-0.1, -0.05) is 24.2 Å². The van der Waals surface area contributed by atoms with Gasteiger partial charge in [-0.2, -0.15) is 11.3 Å². The largest absolute Gasteiger partial charge is 0.394 e. The predicted octanol–water partition coefficient (Wildman–Crippen LogP) is 2.69. The number of nitrogens with zero attached hydrogens (tertiary/aromatic N) is 2. The Kier molecular flexibility index (Phi) is 4.18. The minimum atomic E-state index is -0.481. The SMILES string of the molecule is O=C(Nc1nnc(-c2ccsc2)s1)NC1(CO)CCCC1. The van der Waals surface area contributed by atoms with E-state index in [1.807, 2.05) is 16.8 Å². The summed E-state index contributed by atoms with van der Waals surface area (Å²) in [6, 6.07) is 1.63. The van der Waals surface area contributed by atoms with E-state index in [9.17, 15) is 9.90 Å². The molecule has 0 saturated heterocycles. The van der Waals surface area contributed by atoms with Gasteiger partial charge in [0.1, 0.15) is 5.01 Å². The molecule has 6 nitrogen and oxygen atoms in total. The molecule has 2 amide bonds. The molecule has 2 aromatic rings. The Morgan fingerprint density at radius 1 is 1.38 bits per heavy atom. The van der Waals surface area contributed by atoms with Gasteiger partial charge in [-0.05, 0) is 24.3 Å². The fraction of sp³-hybridized carbons (Fsp3) is 0.462. The molecule has 1 aliphatic rings. The maximum Gasteiger partial charge on any atom is 0.321 e. The molecule has 8 heteroatoms. The first kappa shape index (κ1) is 14.4. The summed E-state index contributed by atoms with van der Waals surface area (Å²) in [4.78, 5) is 12.0. The first-order chi connectivity index (χ1) is 10.2. The topological polar surface area (TPSA) is 87.1 Å². The Labute approximate surface area is 130 Å². The van der Waals surface area contributed by atoms with E-state index in [1.54, 1.807) is 11.3 Å². The zero-order chi connectivity index (χ0) is 14.7. The standard InChI is InChI=1S/C13H16N4O2S2/c18-8-13(4-1-2-5-13)15-11(19)14-12-17-16-10(21-12)9-3-6-20-7-9/h3,6-7,18H,1-2,4-5,8H2,(H2,14,15,17,19). The summed E-state index contributed by atoms with van der Waals surface area (Å²) in [5, 5.41) is 28.3. The molecule has 3 rings (SSSR count). The van der Waals surface area contributed by atoms with Crippen molar-refractivity contribution < 1.29 is 9.90 Å². The van der Waals surface area contributed by atoms with Crippen LogP contribution in [0, 0.1) is 0 Å². The number of rotatable bonds is 4. The monoisotopic (exact) mass is 324 g/mol. The maximum absolute atomic E-state index is 12.0. The quantitative estimate of drug-likeness (QED) is 0.807. The molecule has 1 aliphatic carbocycles. The third-order valence-corrected chi connectivity index (χ3v) is 5.23. The molecule has 0 unspecified atom stereocenters. The third-order valence-electron chi connectivity index (χ3n) is 3.66. The van der Waals surface area contributed by atoms with Crippen molar-refractivity contribution in [3.8, 4) is 10.6 Å². The van der Waals surface area contributed by atoms with Gasteiger partial charge in [-0.25, -0.2) is 4.79 Å². The summed E-state index contributed by atoms with van der Waals surface area (Å²) in [5.74, 6) is 0. The number of amides is 2. The minimum Gasteiger partial charge on any atom is -0.394 e. The molecule has 0 bridgehead atoms. The molecule has 1 saturated carbocycles. The van der Waals surface area contributed by atoms with Crippen LogP contribution >= 0.6 is 22.7 Å². The maximum atomic E-state index is 12.0. The van der Waals surface area contributed by atoms with E-state index in [1.165, 1.54) is 11.3 Å². The van der Waals surface area contributed by atoms with Crippen LogP contribution in [0.2, 0.25) is 0 Å². The van der Waals surface area contributed by atoms with E-state index < -0.39 is 5.54 Å². The molecule has 21 heavy (non-hydrogen) atoms. The van der Waals surface area contributed by atoms with E-state index >= 15 is 0 Å². The fourth-order valence-electron chi connectivity index (χ4n) is 2.52. The van der Waals surface area contributed by atoms with E-state index in [0.29, 0.717) is 5.13 Å². The Bertz CT molecular complexity index is 605. The number of aromatic nitrogens is 2. The zero-order valence-electron chi connectivity index (χ0n) is 11.3. The molecular weight excluding hydrogens is 308 g/mol. The molecular formula is C13H16N4O2S2. The van der Waals surface area contributed by atoms with E-state index in [2.05, 4.69) is 20.8 Å². The van der Waals surface area contributed by atoms with Gasteiger partial charge in [0.25, 0.3) is 0 Å². The van der Waals surface area contributed by atoms with Crippen molar-refractivity contribution in [3.63, 3.8) is 0 Å². The molecule has 0 atom stereocenters. The Hall–Kier alpha value is -1.51. The number of carbonyl (C=O) groups is 1. The van der Waals surface area contributed by atoms with Crippen molar-refractivity contribution in [2.24, 2.45) is 0 Å². The van der Waals surface area contributed by atoms with Crippen LogP contribution in [0.4, 0.5) is 9.93 Å². The van der Waals surface area contributed by atoms with Crippen LogP contribution in [0.25, 0.3) is 10.6 Å². The summed E-state index contributed by atoms with van der Waals surface area (Å²) < 4.78 is 0. The average molecular weight is 324 g/mol. The van der Waals surface area contributed by atoms with Gasteiger partial charge in [0.15, 0.2) is 0 Å². The fourth-order valence-corrected chi connectivity index (χ4v) is 3.97. The number of anilines is 1. The number of aliphatic hydroxyl groups is 1. The normalized spacial score (nSPS) is 16.8. The second-order valence-corrected chi connectivity index (χ2v) is 6.91. The summed E-state index contributed by atoms with van der Waals surface area (Å²) in [6.45, 7) is -0.0311. The first-order valence-corrected chi connectivity index (χ1v) is 8.53. The van der Waals surface area contributed by atoms with Crippen molar-refractivity contribution in [1.82, 2.24) is 15.5 Å². The predicted molar refractivity (Wildman–Crippen MR) is 83.7 cm³/mol. The molecule has 112 valence electrons. The number of nitrogens with one attached hydrogen (secondary N) is 2.